The van der Waals surface area contributed by atoms with Crippen molar-refractivity contribution in [2.24, 2.45) is 5.92 Å². The molecule has 3 rings (SSSR count). The summed E-state index contributed by atoms with van der Waals surface area (Å²) in [5.74, 6) is 1.20. The molecule has 2 atom stereocenters. The van der Waals surface area contributed by atoms with Gasteiger partial charge in [-0.3, -0.25) is 15.0 Å². The molecule has 1 aliphatic carbocycles. The van der Waals surface area contributed by atoms with Crippen molar-refractivity contribution in [3.05, 3.63) is 18.4 Å². The highest BCUT2D eigenvalue weighted by molar-refractivity contribution is 5.90. The smallest absolute Gasteiger partial charge is 0.322 e. The highest BCUT2D eigenvalue weighted by Gasteiger charge is 2.26. The molecule has 1 fully saturated rings. The maximum absolute atomic E-state index is 12.2. The highest BCUT2D eigenvalue weighted by Crippen LogP contribution is 2.27. The fourth-order valence-electron chi connectivity index (χ4n) is 3.23. The summed E-state index contributed by atoms with van der Waals surface area (Å²) in [6, 6.07) is 4.00. The number of carbonyl (C=O) groups is 1. The molecule has 2 heterocycles. The van der Waals surface area contributed by atoms with Crippen molar-refractivity contribution in [3.63, 3.8) is 0 Å². The number of hydrogen-bond donors (Lipinski definition) is 1. The number of likely N-dealkylation sites (N-methyl/N-ethyl adjacent to an activating group) is 1. The third-order valence-electron chi connectivity index (χ3n) is 4.43. The maximum Gasteiger partial charge on any atom is 0.322 e. The molecule has 23 heavy (non-hydrogen) atoms. The van der Waals surface area contributed by atoms with Crippen LogP contribution in [0.5, 0.6) is 0 Å². The van der Waals surface area contributed by atoms with Crippen molar-refractivity contribution in [1.82, 2.24) is 15.1 Å². The van der Waals surface area contributed by atoms with Crippen LogP contribution in [0, 0.1) is 5.92 Å². The van der Waals surface area contributed by atoms with Gasteiger partial charge < -0.3 is 8.83 Å². The monoisotopic (exact) mass is 318 g/mol. The molecular weight excluding hydrogens is 296 g/mol. The molecule has 0 aliphatic heterocycles. The molecule has 1 saturated carbocycles. The number of hydrogen-bond acceptors (Lipinski definition) is 6. The van der Waals surface area contributed by atoms with Crippen LogP contribution < -0.4 is 5.32 Å². The first kappa shape index (κ1) is 15.7. The molecule has 0 unspecified atom stereocenters. The number of anilines is 1. The number of rotatable bonds is 5. The lowest BCUT2D eigenvalue weighted by Gasteiger charge is -2.35. The Labute approximate surface area is 135 Å². The third kappa shape index (κ3) is 3.79. The largest absolute Gasteiger partial charge is 0.459 e. The Hall–Kier alpha value is -2.15. The van der Waals surface area contributed by atoms with E-state index < -0.39 is 0 Å². The number of furan rings is 1. The van der Waals surface area contributed by atoms with Gasteiger partial charge >= 0.3 is 6.01 Å². The lowest BCUT2D eigenvalue weighted by molar-refractivity contribution is -0.118. The van der Waals surface area contributed by atoms with Crippen LogP contribution in [-0.4, -0.2) is 40.6 Å². The summed E-state index contributed by atoms with van der Waals surface area (Å²) >= 11 is 0. The number of nitrogens with one attached hydrogen (secondary N) is 1. The van der Waals surface area contributed by atoms with Crippen molar-refractivity contribution in [3.8, 4) is 11.7 Å². The molecule has 7 heteroatoms. The Morgan fingerprint density at radius 3 is 2.96 bits per heavy atom. The quantitative estimate of drug-likeness (QED) is 0.912. The van der Waals surface area contributed by atoms with E-state index in [1.807, 2.05) is 7.05 Å². The number of amides is 1. The molecule has 0 spiro atoms. The van der Waals surface area contributed by atoms with Gasteiger partial charge in [0.2, 0.25) is 5.91 Å². The molecule has 0 bridgehead atoms. The van der Waals surface area contributed by atoms with Gasteiger partial charge in [0.05, 0.1) is 12.8 Å². The van der Waals surface area contributed by atoms with Gasteiger partial charge in [0, 0.05) is 6.04 Å². The van der Waals surface area contributed by atoms with Gasteiger partial charge in [-0.1, -0.05) is 24.9 Å². The SMILES string of the molecule is C[C@@H]1CCCC[C@H]1N(C)CC(=O)Nc1nnc(-c2ccco2)o1. The van der Waals surface area contributed by atoms with Gasteiger partial charge in [0.15, 0.2) is 5.76 Å². The van der Waals surface area contributed by atoms with Crippen molar-refractivity contribution < 1.29 is 13.6 Å². The summed E-state index contributed by atoms with van der Waals surface area (Å²) in [7, 11) is 1.99. The van der Waals surface area contributed by atoms with E-state index in [-0.39, 0.29) is 17.8 Å². The second-order valence-corrected chi connectivity index (χ2v) is 6.18. The van der Waals surface area contributed by atoms with E-state index in [1.165, 1.54) is 25.5 Å². The first-order valence-electron chi connectivity index (χ1n) is 8.01. The predicted molar refractivity (Wildman–Crippen MR) is 84.7 cm³/mol. The van der Waals surface area contributed by atoms with Crippen LogP contribution in [0.25, 0.3) is 11.7 Å². The summed E-state index contributed by atoms with van der Waals surface area (Å²) in [5, 5.41) is 10.3. The first-order chi connectivity index (χ1) is 11.1. The summed E-state index contributed by atoms with van der Waals surface area (Å²) in [6.07, 6.45) is 6.42. The van der Waals surface area contributed by atoms with Crippen LogP contribution in [0.2, 0.25) is 0 Å². The molecule has 0 aromatic carbocycles. The Bertz CT molecular complexity index is 638. The van der Waals surface area contributed by atoms with Gasteiger partial charge in [0.25, 0.3) is 5.89 Å². The summed E-state index contributed by atoms with van der Waals surface area (Å²) < 4.78 is 10.6. The van der Waals surface area contributed by atoms with Gasteiger partial charge in [-0.05, 0) is 37.9 Å². The van der Waals surface area contributed by atoms with E-state index in [4.69, 9.17) is 8.83 Å². The molecule has 0 saturated heterocycles. The van der Waals surface area contributed by atoms with Gasteiger partial charge in [0.1, 0.15) is 0 Å². The number of carbonyl (C=O) groups excluding carboxylic acids is 1. The molecule has 7 nitrogen and oxygen atoms in total. The second-order valence-electron chi connectivity index (χ2n) is 6.18. The highest BCUT2D eigenvalue weighted by atomic mass is 16.4. The fraction of sp³-hybridized carbons (Fsp3) is 0.562. The van der Waals surface area contributed by atoms with Crippen molar-refractivity contribution in [2.75, 3.05) is 18.9 Å². The van der Waals surface area contributed by atoms with E-state index in [2.05, 4.69) is 27.3 Å². The molecule has 124 valence electrons. The zero-order valence-corrected chi connectivity index (χ0v) is 13.5. The zero-order valence-electron chi connectivity index (χ0n) is 13.5. The predicted octanol–water partition coefficient (Wildman–Crippen LogP) is 2.78. The molecular formula is C16H22N4O3. The number of aromatic nitrogens is 2. The fourth-order valence-corrected chi connectivity index (χ4v) is 3.23. The molecule has 2 aromatic rings. The molecule has 1 aliphatic rings. The van der Waals surface area contributed by atoms with Gasteiger partial charge in [-0.25, -0.2) is 0 Å². The average Bonchev–Trinajstić information content (AvgIpc) is 3.18. The van der Waals surface area contributed by atoms with Crippen molar-refractivity contribution in [1.29, 1.82) is 0 Å². The van der Waals surface area contributed by atoms with Crippen LogP contribution in [0.1, 0.15) is 32.6 Å². The zero-order chi connectivity index (χ0) is 16.2. The second kappa shape index (κ2) is 6.95. The van der Waals surface area contributed by atoms with Crippen LogP contribution in [0.15, 0.2) is 27.2 Å². The van der Waals surface area contributed by atoms with E-state index in [9.17, 15) is 4.79 Å². The molecule has 1 amide bonds. The number of nitrogens with zero attached hydrogens (tertiary/aromatic N) is 3. The van der Waals surface area contributed by atoms with Crippen LogP contribution in [0.3, 0.4) is 0 Å². The maximum atomic E-state index is 12.2. The van der Waals surface area contributed by atoms with Crippen LogP contribution in [0.4, 0.5) is 6.01 Å². The minimum Gasteiger partial charge on any atom is -0.459 e. The van der Waals surface area contributed by atoms with Crippen LogP contribution in [-0.2, 0) is 4.79 Å². The van der Waals surface area contributed by atoms with E-state index in [0.29, 0.717) is 24.3 Å². The Balaban J connectivity index is 1.55. The Morgan fingerprint density at radius 2 is 2.22 bits per heavy atom. The van der Waals surface area contributed by atoms with E-state index >= 15 is 0 Å². The normalized spacial score (nSPS) is 21.5. The van der Waals surface area contributed by atoms with Crippen LogP contribution >= 0.6 is 0 Å². The summed E-state index contributed by atoms with van der Waals surface area (Å²) in [6.45, 7) is 2.57. The van der Waals surface area contributed by atoms with Crippen molar-refractivity contribution in [2.45, 2.75) is 38.6 Å². The molecule has 0 radical (unpaired) electrons. The minimum atomic E-state index is -0.153. The summed E-state index contributed by atoms with van der Waals surface area (Å²) in [4.78, 5) is 14.3. The lowest BCUT2D eigenvalue weighted by Crippen LogP contribution is -2.42. The third-order valence-corrected chi connectivity index (χ3v) is 4.43. The topological polar surface area (TPSA) is 84.4 Å². The Kier molecular flexibility index (Phi) is 4.76. The van der Waals surface area contributed by atoms with E-state index in [0.717, 1.165) is 6.42 Å². The minimum absolute atomic E-state index is 0.0893. The van der Waals surface area contributed by atoms with Crippen molar-refractivity contribution >= 4 is 11.9 Å². The summed E-state index contributed by atoms with van der Waals surface area (Å²) in [5.41, 5.74) is 0. The molecule has 1 N–H and O–H groups in total. The molecule has 2 aromatic heterocycles. The van der Waals surface area contributed by atoms with Gasteiger partial charge in [-0.15, -0.1) is 5.10 Å². The van der Waals surface area contributed by atoms with E-state index in [1.54, 1.807) is 12.1 Å². The standard InChI is InChI=1S/C16H22N4O3/c1-11-6-3-4-7-12(11)20(2)10-14(21)17-16-19-18-15(23-16)13-8-5-9-22-13/h5,8-9,11-12H,3-4,6-7,10H2,1-2H3,(H,17,19,21)/t11-,12-/m1/s1. The van der Waals surface area contributed by atoms with Gasteiger partial charge in [-0.2, -0.15) is 0 Å². The Morgan fingerprint density at radius 1 is 1.39 bits per heavy atom. The lowest BCUT2D eigenvalue weighted by atomic mass is 9.85. The average molecular weight is 318 g/mol. The first-order valence-corrected chi connectivity index (χ1v) is 8.01.